The molecule has 0 amide bonds. The van der Waals surface area contributed by atoms with Gasteiger partial charge in [0, 0.05) is 24.5 Å². The van der Waals surface area contributed by atoms with Gasteiger partial charge in [0.1, 0.15) is 0 Å². The van der Waals surface area contributed by atoms with Gasteiger partial charge >= 0.3 is 5.97 Å². The van der Waals surface area contributed by atoms with Crippen molar-refractivity contribution >= 4 is 12.0 Å². The summed E-state index contributed by atoms with van der Waals surface area (Å²) in [5.41, 5.74) is 0.932. The highest BCUT2D eigenvalue weighted by molar-refractivity contribution is 5.84. The van der Waals surface area contributed by atoms with Gasteiger partial charge in [0.05, 0.1) is 0 Å². The maximum Gasteiger partial charge on any atom is 0.328 e. The summed E-state index contributed by atoms with van der Waals surface area (Å²) < 4.78 is 2.05. The standard InChI is InChI=1S/C11H15NO2/c1-9(2)8-12-7-3-4-10(12)5-6-11(13)14/h3-7,9H,8H2,1-2H3,(H,13,14)/b6-5+. The number of carboxylic acids is 1. The lowest BCUT2D eigenvalue weighted by atomic mass is 10.2. The zero-order chi connectivity index (χ0) is 10.6. The van der Waals surface area contributed by atoms with Crippen molar-refractivity contribution in [2.45, 2.75) is 20.4 Å². The van der Waals surface area contributed by atoms with Crippen LogP contribution < -0.4 is 0 Å². The number of aliphatic carboxylic acids is 1. The Bertz CT molecular complexity index is 337. The molecule has 76 valence electrons. The molecule has 0 aromatic carbocycles. The number of carboxylic acid groups (broad SMARTS) is 1. The Morgan fingerprint density at radius 3 is 2.93 bits per heavy atom. The quantitative estimate of drug-likeness (QED) is 0.745. The average Bonchev–Trinajstić information content (AvgIpc) is 2.47. The molecule has 14 heavy (non-hydrogen) atoms. The first kappa shape index (κ1) is 10.6. The molecule has 1 N–H and O–H groups in total. The first-order valence-corrected chi connectivity index (χ1v) is 4.65. The van der Waals surface area contributed by atoms with E-state index in [0.717, 1.165) is 18.3 Å². The second-order valence-corrected chi connectivity index (χ2v) is 3.65. The van der Waals surface area contributed by atoms with Crippen LogP contribution in [0.2, 0.25) is 0 Å². The number of rotatable bonds is 4. The van der Waals surface area contributed by atoms with Crippen LogP contribution in [0.4, 0.5) is 0 Å². The SMILES string of the molecule is CC(C)Cn1cccc1/C=C/C(=O)O. The molecule has 0 bridgehead atoms. The third-order valence-electron chi connectivity index (χ3n) is 1.82. The van der Waals surface area contributed by atoms with E-state index in [2.05, 4.69) is 13.8 Å². The van der Waals surface area contributed by atoms with Crippen LogP contribution in [0.3, 0.4) is 0 Å². The Hall–Kier alpha value is -1.51. The average molecular weight is 193 g/mol. The number of nitrogens with zero attached hydrogens (tertiary/aromatic N) is 1. The van der Waals surface area contributed by atoms with Crippen LogP contribution in [0.5, 0.6) is 0 Å². The topological polar surface area (TPSA) is 42.2 Å². The summed E-state index contributed by atoms with van der Waals surface area (Å²) in [6.07, 6.45) is 4.73. The van der Waals surface area contributed by atoms with Gasteiger partial charge in [0.2, 0.25) is 0 Å². The van der Waals surface area contributed by atoms with Gasteiger partial charge in [0.15, 0.2) is 0 Å². The van der Waals surface area contributed by atoms with Crippen LogP contribution in [0.1, 0.15) is 19.5 Å². The summed E-state index contributed by atoms with van der Waals surface area (Å²) >= 11 is 0. The van der Waals surface area contributed by atoms with Crippen LogP contribution in [0.15, 0.2) is 24.4 Å². The summed E-state index contributed by atoms with van der Waals surface area (Å²) in [6, 6.07) is 3.83. The van der Waals surface area contributed by atoms with Crippen molar-refractivity contribution in [1.29, 1.82) is 0 Å². The van der Waals surface area contributed by atoms with Crippen molar-refractivity contribution < 1.29 is 9.90 Å². The van der Waals surface area contributed by atoms with Gasteiger partial charge in [-0.1, -0.05) is 13.8 Å². The van der Waals surface area contributed by atoms with Crippen molar-refractivity contribution in [2.24, 2.45) is 5.92 Å². The molecule has 0 saturated carbocycles. The lowest BCUT2D eigenvalue weighted by Gasteiger charge is -2.08. The molecule has 3 nitrogen and oxygen atoms in total. The van der Waals surface area contributed by atoms with Crippen molar-refractivity contribution in [3.63, 3.8) is 0 Å². The predicted octanol–water partition coefficient (Wildman–Crippen LogP) is 2.24. The van der Waals surface area contributed by atoms with E-state index in [1.54, 1.807) is 6.08 Å². The summed E-state index contributed by atoms with van der Waals surface area (Å²) in [5, 5.41) is 8.49. The van der Waals surface area contributed by atoms with E-state index < -0.39 is 5.97 Å². The van der Waals surface area contributed by atoms with Gasteiger partial charge in [0.25, 0.3) is 0 Å². The number of aromatic nitrogens is 1. The minimum Gasteiger partial charge on any atom is -0.478 e. The van der Waals surface area contributed by atoms with Crippen molar-refractivity contribution in [2.75, 3.05) is 0 Å². The van der Waals surface area contributed by atoms with Gasteiger partial charge in [-0.25, -0.2) is 4.79 Å². The molecule has 1 aromatic rings. The van der Waals surface area contributed by atoms with Crippen molar-refractivity contribution in [1.82, 2.24) is 4.57 Å². The van der Waals surface area contributed by atoms with Crippen LogP contribution in [-0.2, 0) is 11.3 Å². The van der Waals surface area contributed by atoms with E-state index in [-0.39, 0.29) is 0 Å². The molecule has 0 saturated heterocycles. The molecular weight excluding hydrogens is 178 g/mol. The first-order valence-electron chi connectivity index (χ1n) is 4.65. The Morgan fingerprint density at radius 2 is 2.36 bits per heavy atom. The monoisotopic (exact) mass is 193 g/mol. The van der Waals surface area contributed by atoms with Crippen LogP contribution in [0.25, 0.3) is 6.08 Å². The highest BCUT2D eigenvalue weighted by Crippen LogP contribution is 2.08. The second-order valence-electron chi connectivity index (χ2n) is 3.65. The van der Waals surface area contributed by atoms with Crippen LogP contribution in [-0.4, -0.2) is 15.6 Å². The second kappa shape index (κ2) is 4.65. The van der Waals surface area contributed by atoms with Crippen LogP contribution in [0, 0.1) is 5.92 Å². The fourth-order valence-corrected chi connectivity index (χ4v) is 1.29. The van der Waals surface area contributed by atoms with Crippen molar-refractivity contribution in [3.8, 4) is 0 Å². The number of carbonyl (C=O) groups is 1. The lowest BCUT2D eigenvalue weighted by molar-refractivity contribution is -0.131. The summed E-state index contributed by atoms with van der Waals surface area (Å²) in [5.74, 6) is -0.360. The molecule has 0 radical (unpaired) electrons. The molecule has 1 aromatic heterocycles. The van der Waals surface area contributed by atoms with Gasteiger partial charge in [-0.05, 0) is 24.1 Å². The largest absolute Gasteiger partial charge is 0.478 e. The minimum absolute atomic E-state index is 0.555. The number of hydrogen-bond acceptors (Lipinski definition) is 1. The zero-order valence-corrected chi connectivity index (χ0v) is 8.47. The van der Waals surface area contributed by atoms with Crippen molar-refractivity contribution in [3.05, 3.63) is 30.1 Å². The minimum atomic E-state index is -0.915. The Kier molecular flexibility index (Phi) is 3.51. The van der Waals surface area contributed by atoms with Crippen LogP contribution >= 0.6 is 0 Å². The fourth-order valence-electron chi connectivity index (χ4n) is 1.29. The van der Waals surface area contributed by atoms with E-state index in [1.807, 2.05) is 22.9 Å². The van der Waals surface area contributed by atoms with E-state index >= 15 is 0 Å². The van der Waals surface area contributed by atoms with E-state index in [9.17, 15) is 4.79 Å². The highest BCUT2D eigenvalue weighted by Gasteiger charge is 2.00. The Labute approximate surface area is 83.7 Å². The lowest BCUT2D eigenvalue weighted by Crippen LogP contribution is -2.04. The molecule has 0 atom stereocenters. The Morgan fingerprint density at radius 1 is 1.64 bits per heavy atom. The first-order chi connectivity index (χ1) is 6.59. The van der Waals surface area contributed by atoms with Gasteiger partial charge in [-0.3, -0.25) is 0 Å². The van der Waals surface area contributed by atoms with Gasteiger partial charge < -0.3 is 9.67 Å². The zero-order valence-electron chi connectivity index (χ0n) is 8.47. The number of hydrogen-bond donors (Lipinski definition) is 1. The van der Waals surface area contributed by atoms with E-state index in [0.29, 0.717) is 5.92 Å². The molecular formula is C11H15NO2. The smallest absolute Gasteiger partial charge is 0.328 e. The normalized spacial score (nSPS) is 11.4. The third kappa shape index (κ3) is 3.09. The molecule has 0 unspecified atom stereocenters. The molecule has 0 fully saturated rings. The maximum absolute atomic E-state index is 10.3. The molecule has 1 heterocycles. The maximum atomic E-state index is 10.3. The molecule has 3 heteroatoms. The summed E-state index contributed by atoms with van der Waals surface area (Å²) in [6.45, 7) is 5.17. The molecule has 0 spiro atoms. The fraction of sp³-hybridized carbons (Fsp3) is 0.364. The summed E-state index contributed by atoms with van der Waals surface area (Å²) in [7, 11) is 0. The third-order valence-corrected chi connectivity index (χ3v) is 1.82. The molecule has 1 rings (SSSR count). The highest BCUT2D eigenvalue weighted by atomic mass is 16.4. The molecule has 0 aliphatic rings. The van der Waals surface area contributed by atoms with E-state index in [1.165, 1.54) is 0 Å². The van der Waals surface area contributed by atoms with Gasteiger partial charge in [-0.2, -0.15) is 0 Å². The molecule has 0 aliphatic heterocycles. The van der Waals surface area contributed by atoms with E-state index in [4.69, 9.17) is 5.11 Å². The predicted molar refractivity (Wildman–Crippen MR) is 55.9 cm³/mol. The van der Waals surface area contributed by atoms with Gasteiger partial charge in [-0.15, -0.1) is 0 Å². The summed E-state index contributed by atoms with van der Waals surface area (Å²) in [4.78, 5) is 10.3. The Balaban J connectivity index is 2.77. The molecule has 0 aliphatic carbocycles.